The molecule has 0 spiro atoms. The first kappa shape index (κ1) is 8.36. The predicted octanol–water partition coefficient (Wildman–Crippen LogP) is -0.480. The Morgan fingerprint density at radius 3 is 2.57 bits per heavy atom. The maximum atomic E-state index is 11.3. The molecule has 0 unspecified atom stereocenters. The van der Waals surface area contributed by atoms with Gasteiger partial charge in [-0.25, -0.2) is 10.2 Å². The van der Waals surface area contributed by atoms with Crippen LogP contribution in [-0.2, 0) is 0 Å². The molecule has 0 aromatic carbocycles. The van der Waals surface area contributed by atoms with E-state index in [-0.39, 0.29) is 11.1 Å². The molecule has 2 heterocycles. The molecule has 0 aliphatic rings. The standard InChI is InChI=1S/C8H6N4O2/c13-7-2-1-6(10-11-7)5-3-4-9-12-8(5)14/h1-4H,(H,11,13)(H,12,14). The highest BCUT2D eigenvalue weighted by atomic mass is 16.1. The lowest BCUT2D eigenvalue weighted by Crippen LogP contribution is -2.12. The quantitative estimate of drug-likeness (QED) is 0.635. The van der Waals surface area contributed by atoms with Crippen molar-refractivity contribution in [2.45, 2.75) is 0 Å². The van der Waals surface area contributed by atoms with Gasteiger partial charge in [0.1, 0.15) is 0 Å². The maximum absolute atomic E-state index is 11.3. The largest absolute Gasteiger partial charge is 0.273 e. The molecular weight excluding hydrogens is 184 g/mol. The first-order valence-corrected chi connectivity index (χ1v) is 3.87. The zero-order valence-electron chi connectivity index (χ0n) is 7.02. The first-order chi connectivity index (χ1) is 6.77. The normalized spacial score (nSPS) is 10.0. The van der Waals surface area contributed by atoms with Gasteiger partial charge in [0.25, 0.3) is 11.1 Å². The Balaban J connectivity index is 2.61. The number of hydrogen-bond donors (Lipinski definition) is 2. The van der Waals surface area contributed by atoms with E-state index in [9.17, 15) is 9.59 Å². The fourth-order valence-corrected chi connectivity index (χ4v) is 1.04. The van der Waals surface area contributed by atoms with Crippen molar-refractivity contribution in [3.05, 3.63) is 45.1 Å². The third-order valence-electron chi connectivity index (χ3n) is 1.68. The SMILES string of the molecule is O=c1ccc(-c2ccn[nH]c2=O)n[nH]1. The number of aromatic amines is 2. The lowest BCUT2D eigenvalue weighted by Gasteiger charge is -1.95. The summed E-state index contributed by atoms with van der Waals surface area (Å²) in [4.78, 5) is 22.0. The molecule has 6 nitrogen and oxygen atoms in total. The zero-order valence-corrected chi connectivity index (χ0v) is 7.02. The average molecular weight is 190 g/mol. The summed E-state index contributed by atoms with van der Waals surface area (Å²) in [6.45, 7) is 0. The van der Waals surface area contributed by atoms with Crippen molar-refractivity contribution < 1.29 is 0 Å². The molecule has 0 fully saturated rings. The number of hydrogen-bond acceptors (Lipinski definition) is 4. The van der Waals surface area contributed by atoms with Gasteiger partial charge in [0, 0.05) is 12.3 Å². The highest BCUT2D eigenvalue weighted by Crippen LogP contribution is 2.06. The van der Waals surface area contributed by atoms with Crippen molar-refractivity contribution in [2.75, 3.05) is 0 Å². The summed E-state index contributed by atoms with van der Waals surface area (Å²) in [7, 11) is 0. The highest BCUT2D eigenvalue weighted by molar-refractivity contribution is 5.55. The summed E-state index contributed by atoms with van der Waals surface area (Å²) in [5, 5.41) is 11.8. The molecule has 6 heteroatoms. The molecule has 70 valence electrons. The summed E-state index contributed by atoms with van der Waals surface area (Å²) in [5.41, 5.74) is 0.135. The van der Waals surface area contributed by atoms with E-state index >= 15 is 0 Å². The van der Waals surface area contributed by atoms with Crippen LogP contribution in [0.25, 0.3) is 11.3 Å². The minimum Gasteiger partial charge on any atom is -0.268 e. The van der Waals surface area contributed by atoms with Crippen LogP contribution >= 0.6 is 0 Å². The van der Waals surface area contributed by atoms with Crippen molar-refractivity contribution in [3.63, 3.8) is 0 Å². The van der Waals surface area contributed by atoms with E-state index in [0.29, 0.717) is 11.3 Å². The Labute approximate surface area is 77.6 Å². The number of rotatable bonds is 1. The van der Waals surface area contributed by atoms with E-state index in [1.165, 1.54) is 24.4 Å². The predicted molar refractivity (Wildman–Crippen MR) is 48.7 cm³/mol. The third kappa shape index (κ3) is 1.45. The van der Waals surface area contributed by atoms with Gasteiger partial charge in [-0.05, 0) is 12.1 Å². The Kier molecular flexibility index (Phi) is 1.94. The van der Waals surface area contributed by atoms with E-state index in [4.69, 9.17) is 0 Å². The number of nitrogens with zero attached hydrogens (tertiary/aromatic N) is 2. The monoisotopic (exact) mass is 190 g/mol. The Morgan fingerprint density at radius 1 is 1.07 bits per heavy atom. The van der Waals surface area contributed by atoms with Crippen molar-refractivity contribution >= 4 is 0 Å². The van der Waals surface area contributed by atoms with Gasteiger partial charge in [-0.1, -0.05) is 0 Å². The molecule has 2 N–H and O–H groups in total. The summed E-state index contributed by atoms with van der Waals surface area (Å²) < 4.78 is 0. The first-order valence-electron chi connectivity index (χ1n) is 3.87. The second-order valence-corrected chi connectivity index (χ2v) is 2.61. The van der Waals surface area contributed by atoms with Gasteiger partial charge in [0.2, 0.25) is 0 Å². The molecule has 0 amide bonds. The van der Waals surface area contributed by atoms with Crippen molar-refractivity contribution in [1.82, 2.24) is 20.4 Å². The second kappa shape index (κ2) is 3.25. The summed E-state index contributed by atoms with van der Waals surface area (Å²) in [5.74, 6) is 0. The van der Waals surface area contributed by atoms with Gasteiger partial charge in [-0.2, -0.15) is 10.2 Å². The second-order valence-electron chi connectivity index (χ2n) is 2.61. The third-order valence-corrected chi connectivity index (χ3v) is 1.68. The molecule has 2 aromatic heterocycles. The molecule has 0 atom stereocenters. The fraction of sp³-hybridized carbons (Fsp3) is 0. The average Bonchev–Trinajstić information content (AvgIpc) is 2.20. The van der Waals surface area contributed by atoms with Gasteiger partial charge >= 0.3 is 0 Å². The van der Waals surface area contributed by atoms with Crippen LogP contribution in [0.2, 0.25) is 0 Å². The lowest BCUT2D eigenvalue weighted by atomic mass is 10.2. The summed E-state index contributed by atoms with van der Waals surface area (Å²) in [6, 6.07) is 4.31. The van der Waals surface area contributed by atoms with E-state index in [0.717, 1.165) is 0 Å². The molecule has 0 aliphatic carbocycles. The Hall–Kier alpha value is -2.24. The van der Waals surface area contributed by atoms with Crippen LogP contribution in [0.1, 0.15) is 0 Å². The van der Waals surface area contributed by atoms with E-state index in [1.54, 1.807) is 0 Å². The molecule has 0 saturated carbocycles. The van der Waals surface area contributed by atoms with E-state index in [2.05, 4.69) is 20.4 Å². The molecule has 0 saturated heterocycles. The van der Waals surface area contributed by atoms with Crippen LogP contribution < -0.4 is 11.1 Å². The van der Waals surface area contributed by atoms with Crippen molar-refractivity contribution in [2.24, 2.45) is 0 Å². The fourth-order valence-electron chi connectivity index (χ4n) is 1.04. The van der Waals surface area contributed by atoms with Gasteiger partial charge < -0.3 is 0 Å². The van der Waals surface area contributed by atoms with Gasteiger partial charge in [0.15, 0.2) is 0 Å². The van der Waals surface area contributed by atoms with Crippen LogP contribution in [0.15, 0.2) is 34.0 Å². The summed E-state index contributed by atoms with van der Waals surface area (Å²) >= 11 is 0. The molecule has 0 aliphatic heterocycles. The van der Waals surface area contributed by atoms with E-state index < -0.39 is 0 Å². The number of nitrogens with one attached hydrogen (secondary N) is 2. The van der Waals surface area contributed by atoms with Crippen LogP contribution in [0.3, 0.4) is 0 Å². The minimum absolute atomic E-state index is 0.306. The van der Waals surface area contributed by atoms with Crippen molar-refractivity contribution in [1.29, 1.82) is 0 Å². The molecule has 2 aromatic rings. The van der Waals surface area contributed by atoms with Crippen LogP contribution in [-0.4, -0.2) is 20.4 Å². The maximum Gasteiger partial charge on any atom is 0.273 e. The smallest absolute Gasteiger partial charge is 0.268 e. The number of aromatic nitrogens is 4. The highest BCUT2D eigenvalue weighted by Gasteiger charge is 2.03. The zero-order chi connectivity index (χ0) is 9.97. The van der Waals surface area contributed by atoms with E-state index in [1.807, 2.05) is 0 Å². The van der Waals surface area contributed by atoms with Crippen LogP contribution in [0, 0.1) is 0 Å². The van der Waals surface area contributed by atoms with Crippen LogP contribution in [0.5, 0.6) is 0 Å². The Bertz CT molecular complexity index is 537. The van der Waals surface area contributed by atoms with Crippen molar-refractivity contribution in [3.8, 4) is 11.3 Å². The molecular formula is C8H6N4O2. The van der Waals surface area contributed by atoms with Gasteiger partial charge in [0.05, 0.1) is 11.3 Å². The van der Waals surface area contributed by atoms with Gasteiger partial charge in [-0.15, -0.1) is 0 Å². The Morgan fingerprint density at radius 2 is 1.93 bits per heavy atom. The number of H-pyrrole nitrogens is 2. The minimum atomic E-state index is -0.341. The molecule has 0 radical (unpaired) electrons. The molecule has 0 bridgehead atoms. The van der Waals surface area contributed by atoms with Crippen LogP contribution in [0.4, 0.5) is 0 Å². The van der Waals surface area contributed by atoms with Gasteiger partial charge in [-0.3, -0.25) is 9.59 Å². The summed E-state index contributed by atoms with van der Waals surface area (Å²) in [6.07, 6.45) is 1.45. The lowest BCUT2D eigenvalue weighted by molar-refractivity contribution is 0.964. The molecule has 14 heavy (non-hydrogen) atoms. The topological polar surface area (TPSA) is 91.5 Å². The molecule has 2 rings (SSSR count).